The van der Waals surface area contributed by atoms with Crippen LogP contribution >= 0.6 is 15.9 Å². The standard InChI is InChI=1S/C13H16BrNO2/c14-11-4-2-1-3-10(11)13(17)15-8-7-12(16)9-5-6-9/h1-4,9,12,16H,5-8H2,(H,15,17)/t12-/m0/s1. The Morgan fingerprint density at radius 3 is 2.82 bits per heavy atom. The Hall–Kier alpha value is -0.870. The van der Waals surface area contributed by atoms with E-state index in [1.54, 1.807) is 6.07 Å². The number of hydrogen-bond donors (Lipinski definition) is 2. The third-order valence-corrected chi connectivity index (χ3v) is 3.70. The SMILES string of the molecule is O=C(NCC[C@H](O)C1CC1)c1ccccc1Br. The summed E-state index contributed by atoms with van der Waals surface area (Å²) >= 11 is 3.34. The molecule has 92 valence electrons. The van der Waals surface area contributed by atoms with Gasteiger partial charge < -0.3 is 10.4 Å². The first-order chi connectivity index (χ1) is 8.18. The predicted molar refractivity (Wildman–Crippen MR) is 69.8 cm³/mol. The quantitative estimate of drug-likeness (QED) is 0.876. The molecule has 1 aliphatic carbocycles. The number of benzene rings is 1. The van der Waals surface area contributed by atoms with Gasteiger partial charge >= 0.3 is 0 Å². The fourth-order valence-electron chi connectivity index (χ4n) is 1.79. The van der Waals surface area contributed by atoms with Gasteiger partial charge in [-0.2, -0.15) is 0 Å². The van der Waals surface area contributed by atoms with Gasteiger partial charge in [0.25, 0.3) is 5.91 Å². The van der Waals surface area contributed by atoms with E-state index in [0.29, 0.717) is 24.4 Å². The summed E-state index contributed by atoms with van der Waals surface area (Å²) in [4.78, 5) is 11.8. The molecule has 2 N–H and O–H groups in total. The van der Waals surface area contributed by atoms with Crippen LogP contribution in [0.5, 0.6) is 0 Å². The average molecular weight is 298 g/mol. The van der Waals surface area contributed by atoms with Gasteiger partial charge in [0.15, 0.2) is 0 Å². The van der Waals surface area contributed by atoms with Gasteiger partial charge in [-0.25, -0.2) is 0 Å². The summed E-state index contributed by atoms with van der Waals surface area (Å²) in [5.41, 5.74) is 0.633. The van der Waals surface area contributed by atoms with E-state index in [4.69, 9.17) is 0 Å². The van der Waals surface area contributed by atoms with Crippen LogP contribution in [0.3, 0.4) is 0 Å². The molecule has 4 heteroatoms. The number of rotatable bonds is 5. The van der Waals surface area contributed by atoms with Crippen molar-refractivity contribution in [3.05, 3.63) is 34.3 Å². The van der Waals surface area contributed by atoms with Gasteiger partial charge in [0.05, 0.1) is 11.7 Å². The molecule has 0 aromatic heterocycles. The molecule has 1 aromatic rings. The molecule has 2 rings (SSSR count). The van der Waals surface area contributed by atoms with Gasteiger partial charge in [-0.05, 0) is 53.2 Å². The van der Waals surface area contributed by atoms with E-state index in [1.807, 2.05) is 18.2 Å². The molecule has 0 radical (unpaired) electrons. The normalized spacial score (nSPS) is 16.6. The number of amides is 1. The number of carbonyl (C=O) groups is 1. The molecule has 0 unspecified atom stereocenters. The van der Waals surface area contributed by atoms with Gasteiger partial charge in [-0.1, -0.05) is 12.1 Å². The maximum Gasteiger partial charge on any atom is 0.252 e. The minimum absolute atomic E-state index is 0.0968. The average Bonchev–Trinajstić information content (AvgIpc) is 3.13. The van der Waals surface area contributed by atoms with Crippen LogP contribution in [0.25, 0.3) is 0 Å². The molecular formula is C13H16BrNO2. The largest absolute Gasteiger partial charge is 0.393 e. The second-order valence-electron chi connectivity index (χ2n) is 4.43. The van der Waals surface area contributed by atoms with Crippen molar-refractivity contribution in [3.8, 4) is 0 Å². The number of aliphatic hydroxyl groups is 1. The number of nitrogens with one attached hydrogen (secondary N) is 1. The number of aliphatic hydroxyl groups excluding tert-OH is 1. The summed E-state index contributed by atoms with van der Waals surface area (Å²) in [6, 6.07) is 7.32. The van der Waals surface area contributed by atoms with Crippen LogP contribution in [-0.2, 0) is 0 Å². The molecular weight excluding hydrogens is 282 g/mol. The second kappa shape index (κ2) is 5.65. The molecule has 0 spiro atoms. The third kappa shape index (κ3) is 3.54. The van der Waals surface area contributed by atoms with E-state index in [2.05, 4.69) is 21.2 Å². The molecule has 1 atom stereocenters. The molecule has 0 bridgehead atoms. The van der Waals surface area contributed by atoms with Crippen LogP contribution in [0, 0.1) is 5.92 Å². The van der Waals surface area contributed by atoms with Crippen molar-refractivity contribution in [3.63, 3.8) is 0 Å². The van der Waals surface area contributed by atoms with Crippen molar-refractivity contribution in [1.29, 1.82) is 0 Å². The molecule has 1 amide bonds. The zero-order chi connectivity index (χ0) is 12.3. The van der Waals surface area contributed by atoms with Gasteiger partial charge in [-0.15, -0.1) is 0 Å². The molecule has 0 saturated heterocycles. The monoisotopic (exact) mass is 297 g/mol. The molecule has 1 aliphatic rings. The lowest BCUT2D eigenvalue weighted by Crippen LogP contribution is -2.27. The van der Waals surface area contributed by atoms with Crippen molar-refractivity contribution in [2.24, 2.45) is 5.92 Å². The van der Waals surface area contributed by atoms with E-state index in [0.717, 1.165) is 17.3 Å². The van der Waals surface area contributed by atoms with E-state index >= 15 is 0 Å². The van der Waals surface area contributed by atoms with Crippen LogP contribution in [0.2, 0.25) is 0 Å². The van der Waals surface area contributed by atoms with Gasteiger partial charge in [0.1, 0.15) is 0 Å². The van der Waals surface area contributed by atoms with Gasteiger partial charge in [-0.3, -0.25) is 4.79 Å². The zero-order valence-electron chi connectivity index (χ0n) is 9.53. The van der Waals surface area contributed by atoms with Crippen molar-refractivity contribution in [2.75, 3.05) is 6.54 Å². The Balaban J connectivity index is 1.79. The Morgan fingerprint density at radius 1 is 1.47 bits per heavy atom. The number of carbonyl (C=O) groups excluding carboxylic acids is 1. The highest BCUT2D eigenvalue weighted by atomic mass is 79.9. The second-order valence-corrected chi connectivity index (χ2v) is 5.28. The lowest BCUT2D eigenvalue weighted by Gasteiger charge is -2.10. The van der Waals surface area contributed by atoms with Gasteiger partial charge in [0.2, 0.25) is 0 Å². The summed E-state index contributed by atoms with van der Waals surface area (Å²) in [5, 5.41) is 12.5. The fourth-order valence-corrected chi connectivity index (χ4v) is 2.26. The number of hydrogen-bond acceptors (Lipinski definition) is 2. The number of halogens is 1. The van der Waals surface area contributed by atoms with Crippen LogP contribution in [-0.4, -0.2) is 23.7 Å². The Labute approximate surface area is 109 Å². The van der Waals surface area contributed by atoms with E-state index in [-0.39, 0.29) is 12.0 Å². The molecule has 1 aromatic carbocycles. The summed E-state index contributed by atoms with van der Waals surface area (Å²) in [7, 11) is 0. The molecule has 1 saturated carbocycles. The minimum Gasteiger partial charge on any atom is -0.393 e. The molecule has 0 aliphatic heterocycles. The van der Waals surface area contributed by atoms with Crippen LogP contribution in [0.1, 0.15) is 29.6 Å². The summed E-state index contributed by atoms with van der Waals surface area (Å²) in [6.45, 7) is 0.526. The predicted octanol–water partition coefficient (Wildman–Crippen LogP) is 2.34. The third-order valence-electron chi connectivity index (χ3n) is 3.01. The highest BCUT2D eigenvalue weighted by molar-refractivity contribution is 9.10. The fraction of sp³-hybridized carbons (Fsp3) is 0.462. The summed E-state index contributed by atoms with van der Waals surface area (Å²) in [5.74, 6) is 0.371. The Bertz CT molecular complexity index is 404. The smallest absolute Gasteiger partial charge is 0.252 e. The minimum atomic E-state index is -0.255. The van der Waals surface area contributed by atoms with Crippen molar-refractivity contribution in [2.45, 2.75) is 25.4 Å². The van der Waals surface area contributed by atoms with Crippen LogP contribution in [0.4, 0.5) is 0 Å². The van der Waals surface area contributed by atoms with Gasteiger partial charge in [0, 0.05) is 11.0 Å². The summed E-state index contributed by atoms with van der Waals surface area (Å²) < 4.78 is 0.792. The molecule has 1 fully saturated rings. The highest BCUT2D eigenvalue weighted by Crippen LogP contribution is 2.33. The first-order valence-electron chi connectivity index (χ1n) is 5.89. The van der Waals surface area contributed by atoms with Crippen molar-refractivity contribution < 1.29 is 9.90 Å². The van der Waals surface area contributed by atoms with Crippen LogP contribution < -0.4 is 5.32 Å². The van der Waals surface area contributed by atoms with E-state index < -0.39 is 0 Å². The first kappa shape index (κ1) is 12.6. The highest BCUT2D eigenvalue weighted by Gasteiger charge is 2.29. The van der Waals surface area contributed by atoms with Crippen LogP contribution in [0.15, 0.2) is 28.7 Å². The van der Waals surface area contributed by atoms with E-state index in [1.165, 1.54) is 0 Å². The zero-order valence-corrected chi connectivity index (χ0v) is 11.1. The lowest BCUT2D eigenvalue weighted by molar-refractivity contribution is 0.0936. The topological polar surface area (TPSA) is 49.3 Å². The maximum absolute atomic E-state index is 11.8. The maximum atomic E-state index is 11.8. The molecule has 3 nitrogen and oxygen atoms in total. The van der Waals surface area contributed by atoms with E-state index in [9.17, 15) is 9.90 Å². The van der Waals surface area contributed by atoms with Crippen molar-refractivity contribution in [1.82, 2.24) is 5.32 Å². The summed E-state index contributed by atoms with van der Waals surface area (Å²) in [6.07, 6.45) is 2.63. The lowest BCUT2D eigenvalue weighted by atomic mass is 10.1. The first-order valence-corrected chi connectivity index (χ1v) is 6.68. The Morgan fingerprint density at radius 2 is 2.18 bits per heavy atom. The van der Waals surface area contributed by atoms with Crippen molar-refractivity contribution >= 4 is 21.8 Å². The molecule has 17 heavy (non-hydrogen) atoms. The Kier molecular flexibility index (Phi) is 4.18. The molecule has 0 heterocycles.